The van der Waals surface area contributed by atoms with Crippen molar-refractivity contribution < 1.29 is 74.8 Å². The second kappa shape index (κ2) is 15.7. The van der Waals surface area contributed by atoms with Gasteiger partial charge in [-0.2, -0.15) is 28.0 Å². The molecule has 0 bridgehead atoms. The van der Waals surface area contributed by atoms with E-state index in [4.69, 9.17) is 37.3 Å². The minimum Gasteiger partial charge on any atom is -0.315 e. The van der Waals surface area contributed by atoms with E-state index in [1.807, 2.05) is 48.8 Å². The topological polar surface area (TPSA) is 210 Å². The van der Waals surface area contributed by atoms with Crippen molar-refractivity contribution in [2.24, 2.45) is 0 Å². The van der Waals surface area contributed by atoms with Crippen LogP contribution in [0.25, 0.3) is 0 Å². The van der Waals surface area contributed by atoms with Crippen LogP contribution >= 0.6 is 0 Å². The van der Waals surface area contributed by atoms with Gasteiger partial charge in [0.15, 0.2) is 24.4 Å². The normalized spacial score (nSPS) is 9.60. The number of nitrogens with one attached hydrogen (secondary N) is 2. The number of rotatable bonds is 0. The van der Waals surface area contributed by atoms with E-state index in [-0.39, 0.29) is 17.1 Å². The first kappa shape index (κ1) is 29.3. The van der Waals surface area contributed by atoms with Crippen molar-refractivity contribution in [2.45, 2.75) is 0 Å². The Bertz CT molecular complexity index is 558. The monoisotopic (exact) mass is 487 g/mol. The van der Waals surface area contributed by atoms with Gasteiger partial charge in [-0.1, -0.05) is 12.1 Å². The molecule has 1 radical (unpaired) electrons. The third-order valence-electron chi connectivity index (χ3n) is 1.39. The Hall–Kier alpha value is -0.481. The van der Waals surface area contributed by atoms with Gasteiger partial charge in [0.25, 0.3) is 9.28 Å². The molecule has 0 saturated heterocycles. The van der Waals surface area contributed by atoms with E-state index >= 15 is 0 Å². The molecule has 2 aromatic rings. The van der Waals surface area contributed by atoms with Crippen LogP contribution in [0.2, 0.25) is 0 Å². The van der Waals surface area contributed by atoms with Gasteiger partial charge in [-0.05, 0) is 12.1 Å². The standard InChI is InChI=1S/2C5H5NS.2ClHO4.Cu/c2*7-5-3-1-2-4-6-5;2*2-1(3,4)5;/h2*1-4H,(H,6,7);2*(H,2,3,4,5);/p+2. The average Bonchev–Trinajstić information content (AvgIpc) is 2.37. The SMILES string of the molecule is [Cu].[O-][Cl+3]([O-])([O-])O.[O-][Cl+3]([O-])([O-])O.[SH+]=c1cccc[nH]1.[SH+]=c1cccc[nH]1. The summed E-state index contributed by atoms with van der Waals surface area (Å²) in [6.45, 7) is 0. The zero-order chi connectivity index (χ0) is 19.2. The summed E-state index contributed by atoms with van der Waals surface area (Å²) in [6.07, 6.45) is 3.67. The Morgan fingerprint density at radius 2 is 0.920 bits per heavy atom. The van der Waals surface area contributed by atoms with Gasteiger partial charge in [-0.15, -0.1) is 0 Å². The second-order valence-corrected chi connectivity index (χ2v) is 5.84. The predicted molar refractivity (Wildman–Crippen MR) is 70.0 cm³/mol. The summed E-state index contributed by atoms with van der Waals surface area (Å²) >= 11 is 8.06. The van der Waals surface area contributed by atoms with Gasteiger partial charge in [0.05, 0.1) is 29.8 Å². The van der Waals surface area contributed by atoms with Gasteiger partial charge in [-0.3, -0.25) is 0 Å². The molecule has 0 aromatic carbocycles. The molecule has 0 unspecified atom stereocenters. The molecule has 0 atom stereocenters. The van der Waals surface area contributed by atoms with Crippen LogP contribution in [0, 0.1) is 29.8 Å². The molecule has 0 amide bonds. The summed E-state index contributed by atoms with van der Waals surface area (Å²) in [5.74, 6) is 0. The number of pyridine rings is 2. The summed E-state index contributed by atoms with van der Waals surface area (Å²) < 4.78 is 67.2. The Morgan fingerprint density at radius 1 is 0.680 bits per heavy atom. The molecule has 2 rings (SSSR count). The van der Waals surface area contributed by atoms with Crippen molar-refractivity contribution >= 4 is 24.4 Å². The van der Waals surface area contributed by atoms with Crippen LogP contribution in [-0.4, -0.2) is 19.3 Å². The first-order chi connectivity index (χ1) is 10.8. The molecular weight excluding hydrogens is 475 g/mol. The van der Waals surface area contributed by atoms with E-state index < -0.39 is 20.5 Å². The van der Waals surface area contributed by atoms with E-state index in [1.165, 1.54) is 0 Å². The Kier molecular flexibility index (Phi) is 18.5. The van der Waals surface area contributed by atoms with Crippen LogP contribution < -0.4 is 28.0 Å². The fraction of sp³-hybridized carbons (Fsp3) is 0. The molecule has 0 fully saturated rings. The van der Waals surface area contributed by atoms with Crippen molar-refractivity contribution in [3.63, 3.8) is 0 Å². The van der Waals surface area contributed by atoms with Crippen LogP contribution in [0.15, 0.2) is 48.8 Å². The summed E-state index contributed by atoms with van der Waals surface area (Å²) in [6, 6.07) is 11.5. The fourth-order valence-corrected chi connectivity index (χ4v) is 1.09. The molecule has 0 aliphatic heterocycles. The number of halogens is 2. The number of H-pyrrole nitrogens is 2. The first-order valence-electron chi connectivity index (χ1n) is 5.37. The van der Waals surface area contributed by atoms with Crippen molar-refractivity contribution in [3.05, 3.63) is 58.1 Å². The van der Waals surface area contributed by atoms with Gasteiger partial charge < -0.3 is 9.97 Å². The van der Waals surface area contributed by atoms with Gasteiger partial charge in [0, 0.05) is 41.6 Å². The quantitative estimate of drug-likeness (QED) is 0.121. The van der Waals surface area contributed by atoms with Crippen LogP contribution in [0.4, 0.5) is 0 Å². The van der Waals surface area contributed by atoms with Crippen LogP contribution in [0.1, 0.15) is 0 Å². The van der Waals surface area contributed by atoms with Gasteiger partial charge >= 0.3 is 0 Å². The van der Waals surface area contributed by atoms with Gasteiger partial charge in [-0.25, -0.2) is 0 Å². The molecule has 10 nitrogen and oxygen atoms in total. The summed E-state index contributed by atoms with van der Waals surface area (Å²) in [5, 5.41) is 0. The van der Waals surface area contributed by atoms with Crippen molar-refractivity contribution in [1.29, 1.82) is 0 Å². The van der Waals surface area contributed by atoms with Crippen molar-refractivity contribution in [2.75, 3.05) is 0 Å². The zero-order valence-corrected chi connectivity index (χ0v) is 16.2. The van der Waals surface area contributed by atoms with Crippen molar-refractivity contribution in [1.82, 2.24) is 9.97 Å². The smallest absolute Gasteiger partial charge is 0.292 e. The largest absolute Gasteiger partial charge is 0.315 e. The Balaban J connectivity index is -0.000000259. The third-order valence-corrected chi connectivity index (χ3v) is 1.94. The maximum atomic E-state index is 8.60. The maximum absolute atomic E-state index is 8.60. The van der Waals surface area contributed by atoms with Crippen LogP contribution in [0.3, 0.4) is 0 Å². The number of hydrogen-bond acceptors (Lipinski definition) is 8. The van der Waals surface area contributed by atoms with E-state index in [9.17, 15) is 0 Å². The summed E-state index contributed by atoms with van der Waals surface area (Å²) in [5.41, 5.74) is 0. The third kappa shape index (κ3) is 45.2. The van der Waals surface area contributed by atoms with E-state index in [0.29, 0.717) is 0 Å². The molecular formula is C10H14Cl2CuN2O8S2+2. The minimum atomic E-state index is -4.69. The number of aromatic nitrogens is 2. The summed E-state index contributed by atoms with van der Waals surface area (Å²) in [7, 11) is -9.39. The number of aromatic amines is 2. The van der Waals surface area contributed by atoms with Gasteiger partial charge in [0.2, 0.25) is 0 Å². The van der Waals surface area contributed by atoms with Crippen LogP contribution in [-0.2, 0) is 41.5 Å². The van der Waals surface area contributed by atoms with E-state index in [0.717, 1.165) is 9.28 Å². The van der Waals surface area contributed by atoms with E-state index in [2.05, 4.69) is 34.4 Å². The predicted octanol–water partition coefficient (Wildman–Crippen LogP) is -6.60. The molecule has 15 heteroatoms. The number of hydrogen-bond donors (Lipinski definition) is 4. The fourth-order valence-electron chi connectivity index (χ4n) is 0.768. The molecule has 0 aliphatic rings. The molecule has 2 aromatic heterocycles. The Labute approximate surface area is 167 Å². The first-order valence-corrected chi connectivity index (χ1v) is 8.79. The average molecular weight is 489 g/mol. The zero-order valence-electron chi connectivity index (χ0n) is 11.9. The second-order valence-electron chi connectivity index (χ2n) is 3.29. The van der Waals surface area contributed by atoms with E-state index in [1.54, 1.807) is 0 Å². The summed E-state index contributed by atoms with van der Waals surface area (Å²) in [4.78, 5) is 5.79. The molecule has 0 saturated carbocycles. The van der Waals surface area contributed by atoms with Gasteiger partial charge in [0.1, 0.15) is 0 Å². The molecule has 0 aliphatic carbocycles. The molecule has 4 N–H and O–H groups in total. The molecule has 25 heavy (non-hydrogen) atoms. The number of thiol groups is 2. The molecule has 0 spiro atoms. The van der Waals surface area contributed by atoms with Crippen molar-refractivity contribution in [3.8, 4) is 0 Å². The maximum Gasteiger partial charge on any atom is 0.292 e. The molecule has 147 valence electrons. The van der Waals surface area contributed by atoms with Crippen LogP contribution in [0.5, 0.6) is 0 Å². The Morgan fingerprint density at radius 3 is 1.00 bits per heavy atom. The minimum absolute atomic E-state index is 0. The molecule has 2 heterocycles.